The molecule has 0 aliphatic carbocycles. The van der Waals surface area contributed by atoms with Crippen molar-refractivity contribution >= 4 is 0 Å². The van der Waals surface area contributed by atoms with E-state index in [-0.39, 0.29) is 18.9 Å². The summed E-state index contributed by atoms with van der Waals surface area (Å²) in [5, 5.41) is 10.6. The molecule has 0 fully saturated rings. The maximum atomic E-state index is 10.6. The van der Waals surface area contributed by atoms with E-state index in [1.165, 1.54) is 14.0 Å². The molecule has 0 N–H and O–H groups in total. The maximum absolute atomic E-state index is 10.6. The number of rotatable bonds is 3. The third-order valence-corrected chi connectivity index (χ3v) is 0.777. The summed E-state index contributed by atoms with van der Waals surface area (Å²) in [6.45, 7) is 3.46. The Hall–Kier alpha value is 0.477. The van der Waals surface area contributed by atoms with Gasteiger partial charge in [-0.25, -0.2) is 0 Å². The molecule has 0 aromatic heterocycles. The Morgan fingerprint density at radius 3 is 2.11 bits per heavy atom. The molecular formula is C5H11LiO3. The summed E-state index contributed by atoms with van der Waals surface area (Å²) in [5.74, 6) is -1.66. The van der Waals surface area contributed by atoms with Gasteiger partial charge in [-0.05, 0) is 13.8 Å². The van der Waals surface area contributed by atoms with Gasteiger partial charge in [0.1, 0.15) is 0 Å². The van der Waals surface area contributed by atoms with Crippen molar-refractivity contribution in [2.45, 2.75) is 19.8 Å². The molecule has 0 spiro atoms. The van der Waals surface area contributed by atoms with E-state index in [0.717, 1.165) is 0 Å². The number of hydrogen-bond donors (Lipinski definition) is 0. The minimum absolute atomic E-state index is 0. The Morgan fingerprint density at radius 1 is 1.56 bits per heavy atom. The van der Waals surface area contributed by atoms with Crippen molar-refractivity contribution in [3.8, 4) is 0 Å². The quantitative estimate of drug-likeness (QED) is 0.294. The third kappa shape index (κ3) is 6.36. The Morgan fingerprint density at radius 2 is 2.00 bits per heavy atom. The van der Waals surface area contributed by atoms with Crippen molar-refractivity contribution < 1.29 is 33.4 Å². The van der Waals surface area contributed by atoms with Crippen molar-refractivity contribution in [3.63, 3.8) is 0 Å². The fourth-order valence-electron chi connectivity index (χ4n) is 0.321. The van der Waals surface area contributed by atoms with E-state index in [9.17, 15) is 5.11 Å². The second kappa shape index (κ2) is 5.28. The average Bonchev–Trinajstić information content (AvgIpc) is 1.67. The van der Waals surface area contributed by atoms with Crippen LogP contribution in [-0.2, 0) is 9.47 Å². The van der Waals surface area contributed by atoms with E-state index in [0.29, 0.717) is 6.61 Å². The summed E-state index contributed by atoms with van der Waals surface area (Å²) in [5.41, 5.74) is 0. The summed E-state index contributed by atoms with van der Waals surface area (Å²) in [6, 6.07) is 0. The minimum Gasteiger partial charge on any atom is -0.807 e. The number of methoxy groups -OCH3 is 1. The molecule has 0 bridgehead atoms. The topological polar surface area (TPSA) is 41.5 Å². The van der Waals surface area contributed by atoms with Crippen molar-refractivity contribution in [1.29, 1.82) is 0 Å². The molecule has 3 nitrogen and oxygen atoms in total. The molecule has 4 heteroatoms. The Bertz CT molecular complexity index is 65.2. The molecule has 0 aliphatic heterocycles. The monoisotopic (exact) mass is 126 g/mol. The van der Waals surface area contributed by atoms with E-state index >= 15 is 0 Å². The zero-order valence-electron chi connectivity index (χ0n) is 6.43. The zero-order valence-corrected chi connectivity index (χ0v) is 6.43. The summed E-state index contributed by atoms with van der Waals surface area (Å²) in [6.07, 6.45) is 0. The first-order valence-electron chi connectivity index (χ1n) is 2.52. The van der Waals surface area contributed by atoms with E-state index in [4.69, 9.17) is 0 Å². The molecule has 0 rings (SSSR count). The second-order valence-electron chi connectivity index (χ2n) is 1.50. The van der Waals surface area contributed by atoms with Crippen LogP contribution in [0.3, 0.4) is 0 Å². The Labute approximate surface area is 67.5 Å². The van der Waals surface area contributed by atoms with Crippen LogP contribution in [-0.4, -0.2) is 19.7 Å². The van der Waals surface area contributed by atoms with Gasteiger partial charge in [-0.15, -0.1) is 0 Å². The van der Waals surface area contributed by atoms with Crippen LogP contribution in [0.15, 0.2) is 0 Å². The van der Waals surface area contributed by atoms with Gasteiger partial charge >= 0.3 is 18.9 Å². The smallest absolute Gasteiger partial charge is 0.807 e. The second-order valence-corrected chi connectivity index (χ2v) is 1.50. The number of ether oxygens (including phenoxy) is 2. The first-order valence-corrected chi connectivity index (χ1v) is 2.52. The summed E-state index contributed by atoms with van der Waals surface area (Å²) >= 11 is 0. The van der Waals surface area contributed by atoms with Crippen molar-refractivity contribution in [2.24, 2.45) is 0 Å². The number of hydrogen-bond acceptors (Lipinski definition) is 3. The van der Waals surface area contributed by atoms with E-state index < -0.39 is 5.97 Å². The van der Waals surface area contributed by atoms with Gasteiger partial charge in [0.05, 0.1) is 5.97 Å². The molecule has 1 atom stereocenters. The van der Waals surface area contributed by atoms with E-state index in [1.54, 1.807) is 6.92 Å². The van der Waals surface area contributed by atoms with Crippen LogP contribution in [0.5, 0.6) is 0 Å². The first kappa shape index (κ1) is 12.2. The van der Waals surface area contributed by atoms with Crippen LogP contribution in [0.1, 0.15) is 13.8 Å². The predicted octanol–water partition coefficient (Wildman–Crippen LogP) is -3.29. The molecular weight excluding hydrogens is 115 g/mol. The maximum Gasteiger partial charge on any atom is 1.00 e. The van der Waals surface area contributed by atoms with Gasteiger partial charge in [0.15, 0.2) is 0 Å². The Balaban J connectivity index is 0. The molecule has 0 saturated carbocycles. The van der Waals surface area contributed by atoms with Crippen LogP contribution < -0.4 is 24.0 Å². The van der Waals surface area contributed by atoms with Crippen molar-refractivity contribution in [3.05, 3.63) is 0 Å². The predicted molar refractivity (Wildman–Crippen MR) is 27.0 cm³/mol. The van der Waals surface area contributed by atoms with Gasteiger partial charge < -0.3 is 14.6 Å². The molecule has 0 amide bonds. The van der Waals surface area contributed by atoms with Gasteiger partial charge in [0, 0.05) is 13.7 Å². The van der Waals surface area contributed by atoms with Gasteiger partial charge in [-0.3, -0.25) is 0 Å². The fourth-order valence-corrected chi connectivity index (χ4v) is 0.321. The molecule has 1 unspecified atom stereocenters. The van der Waals surface area contributed by atoms with Gasteiger partial charge in [0.2, 0.25) is 0 Å². The standard InChI is InChI=1S/C5H11O3.Li/c1-4-8-5(2,6)7-3;/h4H2,1-3H3;/q-1;+1. The van der Waals surface area contributed by atoms with Crippen molar-refractivity contribution in [2.75, 3.05) is 13.7 Å². The van der Waals surface area contributed by atoms with Crippen LogP contribution in [0, 0.1) is 0 Å². The summed E-state index contributed by atoms with van der Waals surface area (Å²) < 4.78 is 9.00. The van der Waals surface area contributed by atoms with Crippen LogP contribution in [0.2, 0.25) is 0 Å². The molecule has 0 aromatic carbocycles. The van der Waals surface area contributed by atoms with E-state index in [2.05, 4.69) is 9.47 Å². The fraction of sp³-hybridized carbons (Fsp3) is 1.00. The molecule has 9 heavy (non-hydrogen) atoms. The zero-order chi connectivity index (χ0) is 6.62. The van der Waals surface area contributed by atoms with Gasteiger partial charge in [-0.2, -0.15) is 0 Å². The van der Waals surface area contributed by atoms with E-state index in [1.807, 2.05) is 0 Å². The Kier molecular flexibility index (Phi) is 7.14. The third-order valence-electron chi connectivity index (χ3n) is 0.777. The molecule has 50 valence electrons. The molecule has 0 aliphatic rings. The first-order chi connectivity index (χ1) is 3.62. The minimum atomic E-state index is -1.66. The normalized spacial score (nSPS) is 16.0. The molecule has 0 saturated heterocycles. The SMILES string of the molecule is CCOC(C)([O-])OC.[Li+]. The molecule has 0 heterocycles. The average molecular weight is 126 g/mol. The van der Waals surface area contributed by atoms with Gasteiger partial charge in [-0.1, -0.05) is 0 Å². The van der Waals surface area contributed by atoms with Crippen LogP contribution in [0.25, 0.3) is 0 Å². The molecule has 0 radical (unpaired) electrons. The molecule has 0 aromatic rings. The largest absolute Gasteiger partial charge is 1.00 e. The summed E-state index contributed by atoms with van der Waals surface area (Å²) in [4.78, 5) is 0. The summed E-state index contributed by atoms with van der Waals surface area (Å²) in [7, 11) is 1.32. The van der Waals surface area contributed by atoms with Gasteiger partial charge in [0.25, 0.3) is 0 Å². The van der Waals surface area contributed by atoms with Crippen LogP contribution >= 0.6 is 0 Å². The van der Waals surface area contributed by atoms with Crippen LogP contribution in [0.4, 0.5) is 0 Å². The van der Waals surface area contributed by atoms with Crippen molar-refractivity contribution in [1.82, 2.24) is 0 Å².